The molecule has 0 radical (unpaired) electrons. The van der Waals surface area contributed by atoms with Gasteiger partial charge in [0.05, 0.1) is 23.7 Å². The summed E-state index contributed by atoms with van der Waals surface area (Å²) in [5.74, 6) is -3.43. The third-order valence-electron chi connectivity index (χ3n) is 13.3. The van der Waals surface area contributed by atoms with Crippen LogP contribution >= 0.6 is 0 Å². The van der Waals surface area contributed by atoms with Gasteiger partial charge in [-0.3, -0.25) is 9.59 Å². The lowest BCUT2D eigenvalue weighted by molar-refractivity contribution is -0.303. The molecule has 3 fully saturated rings. The van der Waals surface area contributed by atoms with Gasteiger partial charge in [-0.15, -0.1) is 0 Å². The Morgan fingerprint density at radius 2 is 1.53 bits per heavy atom. The SMILES string of the molecule is CCC(=O)O[C@H]1C[C@H]2OC[C@@]2(C)[C@H]2[C@H](C)[C@]3(O)C[C@H](OC(=O)[C@H](O)C(c4ccccc4)c4ccccc4)C(C)=C([C@@H](C)C(=O)[C@]12C)C3(C)C. The molecule has 0 unspecified atom stereocenters. The van der Waals surface area contributed by atoms with E-state index in [1.165, 1.54) is 0 Å². The summed E-state index contributed by atoms with van der Waals surface area (Å²) in [6, 6.07) is 18.8. The molecule has 8 heteroatoms. The van der Waals surface area contributed by atoms with Crippen LogP contribution in [0.1, 0.15) is 91.7 Å². The summed E-state index contributed by atoms with van der Waals surface area (Å²) in [5, 5.41) is 24.8. The maximum Gasteiger partial charge on any atom is 0.336 e. The smallest absolute Gasteiger partial charge is 0.336 e. The summed E-state index contributed by atoms with van der Waals surface area (Å²) in [7, 11) is 0. The summed E-state index contributed by atoms with van der Waals surface area (Å²) >= 11 is 0. The van der Waals surface area contributed by atoms with Gasteiger partial charge >= 0.3 is 11.9 Å². The second-order valence-corrected chi connectivity index (χ2v) is 16.0. The highest BCUT2D eigenvalue weighted by molar-refractivity contribution is 5.91. The van der Waals surface area contributed by atoms with Gasteiger partial charge in [0.25, 0.3) is 0 Å². The molecule has 2 aromatic carbocycles. The Labute approximate surface area is 290 Å². The van der Waals surface area contributed by atoms with Crippen molar-refractivity contribution in [3.63, 3.8) is 0 Å². The molecule has 3 aliphatic carbocycles. The molecule has 10 atom stereocenters. The lowest BCUT2D eigenvalue weighted by Crippen LogP contribution is -2.74. The molecular weight excluding hydrogens is 620 g/mol. The van der Waals surface area contributed by atoms with E-state index in [9.17, 15) is 19.8 Å². The normalized spacial score (nSPS) is 37.2. The first-order valence-corrected chi connectivity index (χ1v) is 17.8. The van der Waals surface area contributed by atoms with Crippen molar-refractivity contribution in [3.05, 3.63) is 82.9 Å². The van der Waals surface area contributed by atoms with Gasteiger partial charge in [-0.2, -0.15) is 0 Å². The maximum absolute atomic E-state index is 15.1. The molecule has 6 rings (SSSR count). The molecule has 49 heavy (non-hydrogen) atoms. The summed E-state index contributed by atoms with van der Waals surface area (Å²) in [6.07, 6.45) is -2.63. The Bertz CT molecular complexity index is 1590. The fraction of sp³-hybridized carbons (Fsp3) is 0.585. The molecule has 1 aliphatic heterocycles. The summed E-state index contributed by atoms with van der Waals surface area (Å²) in [5.41, 5.74) is -0.858. The van der Waals surface area contributed by atoms with Crippen LogP contribution < -0.4 is 0 Å². The number of rotatable bonds is 7. The third-order valence-corrected chi connectivity index (χ3v) is 13.3. The summed E-state index contributed by atoms with van der Waals surface area (Å²) in [4.78, 5) is 41.8. The first-order valence-electron chi connectivity index (χ1n) is 17.8. The molecule has 1 saturated heterocycles. The number of fused-ring (bicyclic) bond motifs is 5. The number of benzene rings is 2. The maximum atomic E-state index is 15.1. The summed E-state index contributed by atoms with van der Waals surface area (Å²) in [6.45, 7) is 15.9. The van der Waals surface area contributed by atoms with E-state index in [1.807, 2.05) is 102 Å². The van der Waals surface area contributed by atoms with E-state index in [4.69, 9.17) is 14.2 Å². The van der Waals surface area contributed by atoms with Gasteiger partial charge in [0, 0.05) is 41.9 Å². The van der Waals surface area contributed by atoms with Crippen molar-refractivity contribution in [2.24, 2.45) is 34.0 Å². The van der Waals surface area contributed by atoms with E-state index in [0.717, 1.165) is 16.7 Å². The molecule has 264 valence electrons. The molecule has 4 aliphatic rings. The van der Waals surface area contributed by atoms with Gasteiger partial charge in [0.15, 0.2) is 6.10 Å². The van der Waals surface area contributed by atoms with Gasteiger partial charge in [0.2, 0.25) is 0 Å². The van der Waals surface area contributed by atoms with E-state index in [0.29, 0.717) is 18.6 Å². The lowest BCUT2D eigenvalue weighted by atomic mass is 9.40. The van der Waals surface area contributed by atoms with E-state index in [2.05, 4.69) is 6.92 Å². The molecule has 2 N–H and O–H groups in total. The number of ether oxygens (including phenoxy) is 3. The number of aliphatic hydroxyl groups excluding tert-OH is 1. The van der Waals surface area contributed by atoms with Crippen LogP contribution in [0.2, 0.25) is 0 Å². The molecule has 2 saturated carbocycles. The van der Waals surface area contributed by atoms with Gasteiger partial charge < -0.3 is 24.4 Å². The largest absolute Gasteiger partial charge is 0.461 e. The fourth-order valence-electron chi connectivity index (χ4n) is 10.7. The van der Waals surface area contributed by atoms with Crippen LogP contribution in [0.15, 0.2) is 71.8 Å². The molecule has 0 amide bonds. The van der Waals surface area contributed by atoms with Crippen LogP contribution in [-0.2, 0) is 28.6 Å². The van der Waals surface area contributed by atoms with Crippen molar-refractivity contribution in [1.82, 2.24) is 0 Å². The average Bonchev–Trinajstić information content (AvgIpc) is 3.07. The van der Waals surface area contributed by atoms with Crippen molar-refractivity contribution in [2.45, 2.75) is 111 Å². The Morgan fingerprint density at radius 1 is 0.959 bits per heavy atom. The fourth-order valence-corrected chi connectivity index (χ4v) is 10.7. The molecular formula is C41H52O8. The van der Waals surface area contributed by atoms with Crippen LogP contribution in [0.4, 0.5) is 0 Å². The molecule has 1 heterocycles. The van der Waals surface area contributed by atoms with E-state index >= 15 is 4.79 Å². The average molecular weight is 673 g/mol. The standard InChI is InChI=1S/C41H52O8/c1-9-31(42)49-30-20-29-39(7,22-47-29)35-25(4)41(46)21-28(23(2)33(38(41,5)6)24(3)36(44)40(30,35)8)48-37(45)34(43)32(26-16-12-10-13-17-26)27-18-14-11-15-19-27/h10-19,24-25,28-30,32,34-35,43,46H,9,20-22H2,1-8H3/t24-,25+,28+,29-,30+,34-,35-,39-,40-,41-/m1/s1. The predicted molar refractivity (Wildman–Crippen MR) is 184 cm³/mol. The van der Waals surface area contributed by atoms with Gasteiger partial charge in [0.1, 0.15) is 18.0 Å². The van der Waals surface area contributed by atoms with Crippen molar-refractivity contribution < 1.29 is 38.8 Å². The second kappa shape index (κ2) is 12.5. The number of ketones is 1. The zero-order valence-electron chi connectivity index (χ0n) is 30.1. The van der Waals surface area contributed by atoms with E-state index < -0.39 is 69.8 Å². The number of hydrogen-bond acceptors (Lipinski definition) is 8. The topological polar surface area (TPSA) is 119 Å². The lowest BCUT2D eigenvalue weighted by Gasteiger charge is -2.69. The van der Waals surface area contributed by atoms with Crippen molar-refractivity contribution in [3.8, 4) is 0 Å². The zero-order valence-corrected chi connectivity index (χ0v) is 30.1. The minimum absolute atomic E-state index is 0.0467. The van der Waals surface area contributed by atoms with E-state index in [-0.39, 0.29) is 30.7 Å². The van der Waals surface area contributed by atoms with Gasteiger partial charge in [-0.1, -0.05) is 102 Å². The minimum atomic E-state index is -1.52. The number of Topliss-reactive ketones (excluding diaryl/α,β-unsaturated/α-hetero) is 1. The Kier molecular flexibility index (Phi) is 9.03. The molecule has 8 nitrogen and oxygen atoms in total. The highest BCUT2D eigenvalue weighted by Crippen LogP contribution is 2.68. The van der Waals surface area contributed by atoms with Crippen molar-refractivity contribution in [1.29, 1.82) is 0 Å². The molecule has 2 bridgehead atoms. The molecule has 0 aromatic heterocycles. The number of aliphatic hydroxyl groups is 2. The molecule has 0 spiro atoms. The number of esters is 2. The van der Waals surface area contributed by atoms with Crippen LogP contribution in [0.25, 0.3) is 0 Å². The first kappa shape index (κ1) is 35.5. The second-order valence-electron chi connectivity index (χ2n) is 16.0. The van der Waals surface area contributed by atoms with Crippen LogP contribution in [0.5, 0.6) is 0 Å². The van der Waals surface area contributed by atoms with Crippen LogP contribution in [0, 0.1) is 34.0 Å². The number of hydrogen-bond donors (Lipinski definition) is 2. The Balaban J connectivity index is 1.42. The molecule has 2 aromatic rings. The number of carbonyl (C=O) groups is 3. The highest BCUT2D eigenvalue weighted by atomic mass is 16.6. The minimum Gasteiger partial charge on any atom is -0.461 e. The van der Waals surface area contributed by atoms with Crippen LogP contribution in [0.3, 0.4) is 0 Å². The van der Waals surface area contributed by atoms with Crippen molar-refractivity contribution >= 4 is 17.7 Å². The third kappa shape index (κ3) is 5.23. The zero-order chi connectivity index (χ0) is 35.7. The van der Waals surface area contributed by atoms with E-state index in [1.54, 1.807) is 6.92 Å². The van der Waals surface area contributed by atoms with Crippen molar-refractivity contribution in [2.75, 3.05) is 6.61 Å². The quantitative estimate of drug-likeness (QED) is 0.265. The first-order chi connectivity index (χ1) is 23.0. The van der Waals surface area contributed by atoms with Gasteiger partial charge in [-0.25, -0.2) is 4.79 Å². The van der Waals surface area contributed by atoms with Crippen LogP contribution in [-0.4, -0.2) is 64.6 Å². The van der Waals surface area contributed by atoms with Gasteiger partial charge in [-0.05, 0) is 48.0 Å². The Morgan fingerprint density at radius 3 is 2.04 bits per heavy atom. The summed E-state index contributed by atoms with van der Waals surface area (Å²) < 4.78 is 18.4. The monoisotopic (exact) mass is 672 g/mol. The Hall–Kier alpha value is -3.33. The predicted octanol–water partition coefficient (Wildman–Crippen LogP) is 6.18. The number of carbonyl (C=O) groups excluding carboxylic acids is 3. The highest BCUT2D eigenvalue weighted by Gasteiger charge is 2.73.